The van der Waals surface area contributed by atoms with Crippen molar-refractivity contribution in [2.24, 2.45) is 0 Å². The number of hydrogen-bond acceptors (Lipinski definition) is 4. The summed E-state index contributed by atoms with van der Waals surface area (Å²) in [5, 5.41) is 5.22. The second kappa shape index (κ2) is 6.45. The number of H-pyrrole nitrogens is 1. The minimum Gasteiger partial charge on any atom is -0.357 e. The number of carbonyl (C=O) groups excluding carboxylic acids is 2. The molecule has 2 aromatic heterocycles. The van der Waals surface area contributed by atoms with E-state index in [-0.39, 0.29) is 24.0 Å². The molecule has 1 aromatic carbocycles. The molecular weight excluding hydrogens is 313 g/mol. The number of aromatic amines is 1. The molecule has 0 atom stereocenters. The van der Waals surface area contributed by atoms with E-state index >= 15 is 0 Å². The van der Waals surface area contributed by atoms with Gasteiger partial charge in [0.1, 0.15) is 17.7 Å². The van der Waals surface area contributed by atoms with Crippen LogP contribution in [0.25, 0.3) is 11.0 Å². The van der Waals surface area contributed by atoms with Crippen LogP contribution in [0.15, 0.2) is 36.8 Å². The second-order valence-electron chi connectivity index (χ2n) is 5.04. The number of aromatic nitrogens is 3. The van der Waals surface area contributed by atoms with Crippen molar-refractivity contribution in [2.75, 3.05) is 7.05 Å². The highest BCUT2D eigenvalue weighted by molar-refractivity contribution is 6.10. The van der Waals surface area contributed by atoms with E-state index in [1.165, 1.54) is 31.7 Å². The van der Waals surface area contributed by atoms with E-state index < -0.39 is 5.91 Å². The van der Waals surface area contributed by atoms with Crippen LogP contribution in [0.5, 0.6) is 0 Å². The number of halogens is 1. The average molecular weight is 327 g/mol. The number of fused-ring (bicyclic) bond motifs is 1. The van der Waals surface area contributed by atoms with Crippen molar-refractivity contribution in [2.45, 2.75) is 6.54 Å². The lowest BCUT2D eigenvalue weighted by Crippen LogP contribution is -2.24. The molecule has 2 heterocycles. The highest BCUT2D eigenvalue weighted by atomic mass is 19.1. The molecule has 0 radical (unpaired) electrons. The third-order valence-corrected chi connectivity index (χ3v) is 3.52. The van der Waals surface area contributed by atoms with E-state index in [2.05, 4.69) is 25.6 Å². The summed E-state index contributed by atoms with van der Waals surface area (Å²) in [6.45, 7) is 0.230. The van der Waals surface area contributed by atoms with E-state index in [9.17, 15) is 14.0 Å². The molecule has 0 fully saturated rings. The monoisotopic (exact) mass is 327 g/mol. The summed E-state index contributed by atoms with van der Waals surface area (Å²) in [7, 11) is 1.51. The lowest BCUT2D eigenvalue weighted by atomic mass is 10.2. The van der Waals surface area contributed by atoms with Crippen LogP contribution in [0.2, 0.25) is 0 Å². The van der Waals surface area contributed by atoms with Gasteiger partial charge in [-0.3, -0.25) is 9.59 Å². The molecule has 0 spiro atoms. The van der Waals surface area contributed by atoms with Crippen molar-refractivity contribution in [1.29, 1.82) is 0 Å². The molecule has 0 aliphatic rings. The van der Waals surface area contributed by atoms with Crippen LogP contribution in [0.4, 0.5) is 4.39 Å². The maximum absolute atomic E-state index is 12.9. The van der Waals surface area contributed by atoms with E-state index in [1.807, 2.05) is 0 Å². The number of nitrogens with one attached hydrogen (secondary N) is 3. The van der Waals surface area contributed by atoms with Gasteiger partial charge in [0.05, 0.1) is 11.1 Å². The third-order valence-electron chi connectivity index (χ3n) is 3.52. The molecule has 0 bridgehead atoms. The van der Waals surface area contributed by atoms with Crippen molar-refractivity contribution in [3.63, 3.8) is 0 Å². The van der Waals surface area contributed by atoms with E-state index in [4.69, 9.17) is 0 Å². The summed E-state index contributed by atoms with van der Waals surface area (Å²) >= 11 is 0. The Kier molecular flexibility index (Phi) is 4.19. The van der Waals surface area contributed by atoms with Gasteiger partial charge in [0.2, 0.25) is 0 Å². The van der Waals surface area contributed by atoms with Gasteiger partial charge in [-0.05, 0) is 17.7 Å². The summed E-state index contributed by atoms with van der Waals surface area (Å²) in [6.07, 6.45) is 2.71. The Morgan fingerprint density at radius 2 is 1.92 bits per heavy atom. The average Bonchev–Trinajstić information content (AvgIpc) is 3.04. The molecule has 3 aromatic rings. The zero-order chi connectivity index (χ0) is 17.1. The molecule has 0 aliphatic carbocycles. The smallest absolute Gasteiger partial charge is 0.272 e. The molecule has 0 unspecified atom stereocenters. The maximum Gasteiger partial charge on any atom is 0.272 e. The molecule has 8 heteroatoms. The van der Waals surface area contributed by atoms with Gasteiger partial charge in [0.25, 0.3) is 11.8 Å². The molecule has 24 heavy (non-hydrogen) atoms. The van der Waals surface area contributed by atoms with Crippen molar-refractivity contribution < 1.29 is 14.0 Å². The first kappa shape index (κ1) is 15.6. The predicted molar refractivity (Wildman–Crippen MR) is 84.8 cm³/mol. The Morgan fingerprint density at radius 3 is 2.62 bits per heavy atom. The topological polar surface area (TPSA) is 99.8 Å². The van der Waals surface area contributed by atoms with E-state index in [1.54, 1.807) is 12.1 Å². The number of rotatable bonds is 4. The van der Waals surface area contributed by atoms with Gasteiger partial charge in [-0.2, -0.15) is 0 Å². The lowest BCUT2D eigenvalue weighted by molar-refractivity contribution is 0.0943. The Hall–Kier alpha value is -3.29. The Bertz CT molecular complexity index is 904. The van der Waals surface area contributed by atoms with Crippen LogP contribution in [-0.4, -0.2) is 33.8 Å². The Labute approximate surface area is 136 Å². The highest BCUT2D eigenvalue weighted by Gasteiger charge is 2.18. The summed E-state index contributed by atoms with van der Waals surface area (Å²) in [5.74, 6) is -1.06. The predicted octanol–water partition coefficient (Wildman–Crippen LogP) is 1.39. The van der Waals surface area contributed by atoms with Crippen LogP contribution in [0, 0.1) is 5.82 Å². The van der Waals surface area contributed by atoms with Crippen molar-refractivity contribution in [3.05, 3.63) is 59.4 Å². The number of nitrogens with zero attached hydrogens (tertiary/aromatic N) is 2. The minimum absolute atomic E-state index is 0.136. The van der Waals surface area contributed by atoms with E-state index in [0.29, 0.717) is 16.6 Å². The summed E-state index contributed by atoms with van der Waals surface area (Å²) < 4.78 is 12.9. The number of amides is 2. The summed E-state index contributed by atoms with van der Waals surface area (Å²) in [5.41, 5.74) is 1.98. The molecular formula is C16H14FN5O2. The fourth-order valence-corrected chi connectivity index (χ4v) is 2.29. The first-order valence-corrected chi connectivity index (χ1v) is 7.17. The minimum atomic E-state index is -0.419. The highest BCUT2D eigenvalue weighted by Crippen LogP contribution is 2.18. The van der Waals surface area contributed by atoms with Crippen LogP contribution >= 0.6 is 0 Å². The van der Waals surface area contributed by atoms with Crippen LogP contribution in [0.1, 0.15) is 26.4 Å². The zero-order valence-electron chi connectivity index (χ0n) is 12.8. The largest absolute Gasteiger partial charge is 0.357 e. The fourth-order valence-electron chi connectivity index (χ4n) is 2.29. The molecule has 0 saturated heterocycles. The second-order valence-corrected chi connectivity index (χ2v) is 5.04. The third kappa shape index (κ3) is 2.94. The van der Waals surface area contributed by atoms with Gasteiger partial charge in [-0.1, -0.05) is 12.1 Å². The van der Waals surface area contributed by atoms with Gasteiger partial charge in [-0.15, -0.1) is 0 Å². The van der Waals surface area contributed by atoms with Crippen molar-refractivity contribution >= 4 is 22.8 Å². The van der Waals surface area contributed by atoms with Gasteiger partial charge >= 0.3 is 0 Å². The maximum atomic E-state index is 12.9. The van der Waals surface area contributed by atoms with Crippen molar-refractivity contribution in [1.82, 2.24) is 25.6 Å². The van der Waals surface area contributed by atoms with Gasteiger partial charge < -0.3 is 15.6 Å². The standard InChI is InChI=1S/C16H14FN5O2/c1-18-15(23)11-7-19-13-12(11)21-8-22-14(13)16(24)20-6-9-2-4-10(17)5-3-9/h2-5,7-8,19H,6H2,1H3,(H,18,23)(H,20,24). The lowest BCUT2D eigenvalue weighted by Gasteiger charge is -2.05. The number of benzene rings is 1. The zero-order valence-corrected chi connectivity index (χ0v) is 12.8. The molecule has 0 saturated carbocycles. The van der Waals surface area contributed by atoms with Gasteiger partial charge in [0.15, 0.2) is 5.69 Å². The van der Waals surface area contributed by atoms with Crippen molar-refractivity contribution in [3.8, 4) is 0 Å². The molecule has 2 amide bonds. The SMILES string of the molecule is CNC(=O)c1c[nH]c2c(C(=O)NCc3ccc(F)cc3)ncnc12. The molecule has 3 rings (SSSR count). The number of hydrogen-bond donors (Lipinski definition) is 3. The first-order valence-electron chi connectivity index (χ1n) is 7.17. The fraction of sp³-hybridized carbons (Fsp3) is 0.125. The Morgan fingerprint density at radius 1 is 1.17 bits per heavy atom. The quantitative estimate of drug-likeness (QED) is 0.674. The summed E-state index contributed by atoms with van der Waals surface area (Å²) in [4.78, 5) is 35.0. The van der Waals surface area contributed by atoms with E-state index in [0.717, 1.165) is 5.56 Å². The van der Waals surface area contributed by atoms with Crippen LogP contribution < -0.4 is 10.6 Å². The molecule has 0 aliphatic heterocycles. The normalized spacial score (nSPS) is 10.6. The number of carbonyl (C=O) groups is 2. The van der Waals surface area contributed by atoms with Crippen LogP contribution in [0.3, 0.4) is 0 Å². The molecule has 7 nitrogen and oxygen atoms in total. The van der Waals surface area contributed by atoms with Crippen LogP contribution in [-0.2, 0) is 6.54 Å². The summed E-state index contributed by atoms with van der Waals surface area (Å²) in [6, 6.07) is 5.82. The molecule has 122 valence electrons. The van der Waals surface area contributed by atoms with Gasteiger partial charge in [-0.25, -0.2) is 14.4 Å². The first-order chi connectivity index (χ1) is 11.6. The molecule has 3 N–H and O–H groups in total. The van der Waals surface area contributed by atoms with Gasteiger partial charge in [0, 0.05) is 19.8 Å². The Balaban J connectivity index is 1.83.